The minimum absolute atomic E-state index is 0.0935. The Kier molecular flexibility index (Phi) is 5.10. The average Bonchev–Trinajstić information content (AvgIpc) is 3.11. The number of nitrogens with one attached hydrogen (secondary N) is 2. The van der Waals surface area contributed by atoms with Crippen LogP contribution >= 0.6 is 0 Å². The van der Waals surface area contributed by atoms with Gasteiger partial charge in [0, 0.05) is 6.04 Å². The van der Waals surface area contributed by atoms with Crippen molar-refractivity contribution >= 4 is 6.03 Å². The van der Waals surface area contributed by atoms with Gasteiger partial charge in [0.2, 0.25) is 0 Å². The number of aromatic nitrogens is 3. The van der Waals surface area contributed by atoms with Crippen molar-refractivity contribution in [3.05, 3.63) is 42.2 Å². The van der Waals surface area contributed by atoms with E-state index in [1.165, 1.54) is 0 Å². The number of carbonyl (C=O) groups is 1. The molecule has 1 aromatic heterocycles. The van der Waals surface area contributed by atoms with Gasteiger partial charge in [-0.3, -0.25) is 0 Å². The number of aliphatic hydroxyl groups is 1. The van der Waals surface area contributed by atoms with Crippen LogP contribution in [-0.2, 0) is 0 Å². The van der Waals surface area contributed by atoms with Gasteiger partial charge in [-0.2, -0.15) is 0 Å². The van der Waals surface area contributed by atoms with E-state index in [1.54, 1.807) is 17.1 Å². The van der Waals surface area contributed by atoms with Crippen LogP contribution in [0.2, 0.25) is 0 Å². The molecule has 1 fully saturated rings. The molecule has 1 atom stereocenters. The second kappa shape index (κ2) is 7.44. The Hall–Kier alpha value is -2.41. The van der Waals surface area contributed by atoms with Crippen molar-refractivity contribution < 1.29 is 9.90 Å². The van der Waals surface area contributed by atoms with Crippen LogP contribution < -0.4 is 10.6 Å². The molecule has 1 aliphatic rings. The van der Waals surface area contributed by atoms with Crippen LogP contribution in [-0.4, -0.2) is 38.3 Å². The van der Waals surface area contributed by atoms with Crippen molar-refractivity contribution in [3.8, 4) is 5.69 Å². The second-order valence-electron chi connectivity index (χ2n) is 6.28. The molecule has 24 heavy (non-hydrogen) atoms. The standard InChI is InChI=1S/C17H23N5O2/c1-12(19-17(24)20-14-4-8-16(23)9-5-14)13-2-6-15(7-3-13)22-11-10-18-21-22/h2-3,6-7,10-12,14,16,23H,4-5,8-9H2,1H3,(H2,19,20,24). The topological polar surface area (TPSA) is 92.1 Å². The molecule has 3 rings (SSSR count). The fourth-order valence-electron chi connectivity index (χ4n) is 2.99. The molecule has 3 N–H and O–H groups in total. The minimum atomic E-state index is -0.214. The third-order valence-corrected chi connectivity index (χ3v) is 4.46. The summed E-state index contributed by atoms with van der Waals surface area (Å²) in [6, 6.07) is 7.73. The summed E-state index contributed by atoms with van der Waals surface area (Å²) in [5.41, 5.74) is 1.95. The zero-order valence-electron chi connectivity index (χ0n) is 13.7. The summed E-state index contributed by atoms with van der Waals surface area (Å²) in [7, 11) is 0. The predicted molar refractivity (Wildman–Crippen MR) is 89.7 cm³/mol. The Morgan fingerprint density at radius 1 is 1.25 bits per heavy atom. The van der Waals surface area contributed by atoms with E-state index >= 15 is 0 Å². The van der Waals surface area contributed by atoms with E-state index in [4.69, 9.17) is 0 Å². The van der Waals surface area contributed by atoms with Crippen molar-refractivity contribution in [1.29, 1.82) is 0 Å². The lowest BCUT2D eigenvalue weighted by Gasteiger charge is -2.27. The van der Waals surface area contributed by atoms with Crippen molar-refractivity contribution in [3.63, 3.8) is 0 Å². The highest BCUT2D eigenvalue weighted by atomic mass is 16.3. The highest BCUT2D eigenvalue weighted by Crippen LogP contribution is 2.19. The molecule has 0 radical (unpaired) electrons. The maximum atomic E-state index is 12.1. The van der Waals surface area contributed by atoms with Crippen LogP contribution in [0.5, 0.6) is 0 Å². The molecule has 0 bridgehead atoms. The predicted octanol–water partition coefficient (Wildman–Crippen LogP) is 1.93. The molecular formula is C17H23N5O2. The van der Waals surface area contributed by atoms with Crippen molar-refractivity contribution in [2.45, 2.75) is 50.8 Å². The van der Waals surface area contributed by atoms with Gasteiger partial charge in [0.15, 0.2) is 0 Å². The molecule has 1 aromatic carbocycles. The molecule has 1 heterocycles. The first-order valence-corrected chi connectivity index (χ1v) is 8.33. The van der Waals surface area contributed by atoms with Crippen LogP contribution in [0.1, 0.15) is 44.2 Å². The normalized spacial score (nSPS) is 21.9. The van der Waals surface area contributed by atoms with Gasteiger partial charge in [0.05, 0.1) is 30.2 Å². The number of benzene rings is 1. The lowest BCUT2D eigenvalue weighted by Crippen LogP contribution is -2.44. The van der Waals surface area contributed by atoms with Gasteiger partial charge >= 0.3 is 6.03 Å². The molecular weight excluding hydrogens is 306 g/mol. The minimum Gasteiger partial charge on any atom is -0.393 e. The highest BCUT2D eigenvalue weighted by Gasteiger charge is 2.21. The molecule has 0 saturated heterocycles. The SMILES string of the molecule is CC(NC(=O)NC1CCC(O)CC1)c1ccc(-n2ccnn2)cc1. The summed E-state index contributed by atoms with van der Waals surface area (Å²) in [6.07, 6.45) is 6.37. The number of carbonyl (C=O) groups excluding carboxylic acids is 1. The monoisotopic (exact) mass is 329 g/mol. The lowest BCUT2D eigenvalue weighted by atomic mass is 9.93. The lowest BCUT2D eigenvalue weighted by molar-refractivity contribution is 0.117. The largest absolute Gasteiger partial charge is 0.393 e. The summed E-state index contributed by atoms with van der Waals surface area (Å²) >= 11 is 0. The maximum absolute atomic E-state index is 12.1. The Bertz CT molecular complexity index is 648. The zero-order valence-corrected chi connectivity index (χ0v) is 13.7. The molecule has 1 saturated carbocycles. The Morgan fingerprint density at radius 2 is 1.96 bits per heavy atom. The van der Waals surface area contributed by atoms with Gasteiger partial charge in [0.1, 0.15) is 0 Å². The summed E-state index contributed by atoms with van der Waals surface area (Å²) in [5, 5.41) is 23.2. The van der Waals surface area contributed by atoms with Crippen LogP contribution in [0.3, 0.4) is 0 Å². The first-order chi connectivity index (χ1) is 11.6. The number of urea groups is 1. The van der Waals surface area contributed by atoms with Crippen LogP contribution in [0.25, 0.3) is 5.69 Å². The van der Waals surface area contributed by atoms with E-state index in [9.17, 15) is 9.90 Å². The molecule has 2 aromatic rings. The molecule has 2 amide bonds. The van der Waals surface area contributed by atoms with Crippen molar-refractivity contribution in [2.75, 3.05) is 0 Å². The first kappa shape index (κ1) is 16.4. The van der Waals surface area contributed by atoms with E-state index in [2.05, 4.69) is 20.9 Å². The fraction of sp³-hybridized carbons (Fsp3) is 0.471. The maximum Gasteiger partial charge on any atom is 0.315 e. The number of hydrogen-bond acceptors (Lipinski definition) is 4. The van der Waals surface area contributed by atoms with E-state index < -0.39 is 0 Å². The molecule has 1 aliphatic carbocycles. The molecule has 7 heteroatoms. The number of amides is 2. The van der Waals surface area contributed by atoms with Crippen molar-refractivity contribution in [2.24, 2.45) is 0 Å². The van der Waals surface area contributed by atoms with Crippen LogP contribution in [0.4, 0.5) is 4.79 Å². The molecule has 0 spiro atoms. The summed E-state index contributed by atoms with van der Waals surface area (Å²) < 4.78 is 1.69. The van der Waals surface area contributed by atoms with Gasteiger partial charge in [-0.05, 0) is 50.3 Å². The van der Waals surface area contributed by atoms with Gasteiger partial charge < -0.3 is 15.7 Å². The zero-order chi connectivity index (χ0) is 16.9. The highest BCUT2D eigenvalue weighted by molar-refractivity contribution is 5.74. The fourth-order valence-corrected chi connectivity index (χ4v) is 2.99. The van der Waals surface area contributed by atoms with Crippen LogP contribution in [0, 0.1) is 0 Å². The number of rotatable bonds is 4. The molecule has 7 nitrogen and oxygen atoms in total. The quantitative estimate of drug-likeness (QED) is 0.799. The van der Waals surface area contributed by atoms with E-state index in [0.29, 0.717) is 0 Å². The first-order valence-electron chi connectivity index (χ1n) is 8.33. The summed E-state index contributed by atoms with van der Waals surface area (Å²) in [6.45, 7) is 1.95. The van der Waals surface area contributed by atoms with Crippen LogP contribution in [0.15, 0.2) is 36.7 Å². The Labute approximate surface area is 141 Å². The second-order valence-corrected chi connectivity index (χ2v) is 6.28. The number of nitrogens with zero attached hydrogens (tertiary/aromatic N) is 3. The van der Waals surface area contributed by atoms with Gasteiger partial charge in [-0.15, -0.1) is 5.10 Å². The van der Waals surface area contributed by atoms with E-state index in [-0.39, 0.29) is 24.2 Å². The smallest absolute Gasteiger partial charge is 0.315 e. The van der Waals surface area contributed by atoms with E-state index in [1.807, 2.05) is 31.2 Å². The third-order valence-electron chi connectivity index (χ3n) is 4.46. The third kappa shape index (κ3) is 4.11. The van der Waals surface area contributed by atoms with Gasteiger partial charge in [0.25, 0.3) is 0 Å². The number of hydrogen-bond donors (Lipinski definition) is 3. The number of aliphatic hydroxyl groups excluding tert-OH is 1. The van der Waals surface area contributed by atoms with E-state index in [0.717, 1.165) is 36.9 Å². The molecule has 0 aliphatic heterocycles. The van der Waals surface area contributed by atoms with Gasteiger partial charge in [-0.25, -0.2) is 9.48 Å². The average molecular weight is 329 g/mol. The molecule has 128 valence electrons. The van der Waals surface area contributed by atoms with Gasteiger partial charge in [-0.1, -0.05) is 17.3 Å². The van der Waals surface area contributed by atoms with Crippen molar-refractivity contribution in [1.82, 2.24) is 25.6 Å². The Balaban J connectivity index is 1.52. The summed E-state index contributed by atoms with van der Waals surface area (Å²) in [5.74, 6) is 0. The summed E-state index contributed by atoms with van der Waals surface area (Å²) in [4.78, 5) is 12.1. The molecule has 1 unspecified atom stereocenters. The Morgan fingerprint density at radius 3 is 2.58 bits per heavy atom.